The van der Waals surface area contributed by atoms with E-state index in [-0.39, 0.29) is 0 Å². The van der Waals surface area contributed by atoms with Gasteiger partial charge in [0.2, 0.25) is 0 Å². The summed E-state index contributed by atoms with van der Waals surface area (Å²) in [5.41, 5.74) is 5.17. The number of fused-ring (bicyclic) bond motifs is 1. The van der Waals surface area contributed by atoms with E-state index in [2.05, 4.69) is 49.8 Å². The van der Waals surface area contributed by atoms with Crippen LogP contribution in [0.2, 0.25) is 5.02 Å². The van der Waals surface area contributed by atoms with Gasteiger partial charge in [0.1, 0.15) is 11.3 Å². The molecule has 1 aliphatic rings. The van der Waals surface area contributed by atoms with E-state index in [1.54, 1.807) is 6.20 Å². The van der Waals surface area contributed by atoms with Crippen LogP contribution in [0.15, 0.2) is 60.8 Å². The van der Waals surface area contributed by atoms with Crippen molar-refractivity contribution in [2.75, 3.05) is 50.0 Å². The molecule has 0 radical (unpaired) electrons. The highest BCUT2D eigenvalue weighted by atomic mass is 35.5. The van der Waals surface area contributed by atoms with Gasteiger partial charge in [-0.05, 0) is 36.4 Å². The van der Waals surface area contributed by atoms with Crippen LogP contribution in [-0.2, 0) is 4.74 Å². The summed E-state index contributed by atoms with van der Waals surface area (Å²) in [4.78, 5) is 14.9. The van der Waals surface area contributed by atoms with Crippen molar-refractivity contribution < 1.29 is 4.74 Å². The van der Waals surface area contributed by atoms with Crippen LogP contribution < -0.4 is 10.6 Å². The molecule has 0 aliphatic carbocycles. The number of imidazole rings is 1. The van der Waals surface area contributed by atoms with E-state index >= 15 is 0 Å². The van der Waals surface area contributed by atoms with E-state index in [0.29, 0.717) is 16.2 Å². The topological polar surface area (TPSA) is 78.1 Å². The number of benzene rings is 2. The maximum absolute atomic E-state index is 6.44. The van der Waals surface area contributed by atoms with Crippen molar-refractivity contribution >= 4 is 39.8 Å². The fourth-order valence-electron chi connectivity index (χ4n) is 3.78. The van der Waals surface area contributed by atoms with Gasteiger partial charge in [-0.3, -0.25) is 4.90 Å². The van der Waals surface area contributed by atoms with Crippen molar-refractivity contribution in [3.05, 3.63) is 65.8 Å². The lowest BCUT2D eigenvalue weighted by Gasteiger charge is -2.26. The van der Waals surface area contributed by atoms with Crippen molar-refractivity contribution in [1.29, 1.82) is 0 Å². The van der Waals surface area contributed by atoms with Crippen LogP contribution in [0.5, 0.6) is 0 Å². The van der Waals surface area contributed by atoms with Crippen molar-refractivity contribution in [3.63, 3.8) is 0 Å². The summed E-state index contributed by atoms with van der Waals surface area (Å²) in [6.07, 6.45) is 1.64. The SMILES string of the molecule is Clc1cnc2[nH]c(-c3ccc(NCCN4CCOCC4)cc3)nc2c1Nc1ccccc1. The molecule has 1 aliphatic heterocycles. The first kappa shape index (κ1) is 20.8. The van der Waals surface area contributed by atoms with E-state index in [4.69, 9.17) is 21.3 Å². The fraction of sp³-hybridized carbons (Fsp3) is 0.250. The number of H-pyrrole nitrogens is 1. The smallest absolute Gasteiger partial charge is 0.159 e. The van der Waals surface area contributed by atoms with Crippen LogP contribution in [0.3, 0.4) is 0 Å². The second-order valence-corrected chi connectivity index (χ2v) is 8.12. The van der Waals surface area contributed by atoms with Crippen LogP contribution in [0.1, 0.15) is 0 Å². The minimum absolute atomic E-state index is 0.527. The molecule has 32 heavy (non-hydrogen) atoms. The fourth-order valence-corrected chi connectivity index (χ4v) is 3.97. The van der Waals surface area contributed by atoms with Gasteiger partial charge in [-0.2, -0.15) is 0 Å². The van der Waals surface area contributed by atoms with Gasteiger partial charge in [0.05, 0.1) is 30.1 Å². The van der Waals surface area contributed by atoms with Crippen molar-refractivity contribution in [1.82, 2.24) is 19.9 Å². The molecule has 3 heterocycles. The molecule has 5 rings (SSSR count). The minimum Gasteiger partial charge on any atom is -0.384 e. The molecule has 0 atom stereocenters. The van der Waals surface area contributed by atoms with Gasteiger partial charge >= 0.3 is 0 Å². The summed E-state index contributed by atoms with van der Waals surface area (Å²) in [6, 6.07) is 18.2. The lowest BCUT2D eigenvalue weighted by Crippen LogP contribution is -2.38. The molecule has 1 fully saturated rings. The van der Waals surface area contributed by atoms with Gasteiger partial charge < -0.3 is 20.4 Å². The predicted molar refractivity (Wildman–Crippen MR) is 130 cm³/mol. The molecule has 4 aromatic rings. The Balaban J connectivity index is 1.30. The summed E-state index contributed by atoms with van der Waals surface area (Å²) in [5.74, 6) is 0.755. The lowest BCUT2D eigenvalue weighted by molar-refractivity contribution is 0.0398. The van der Waals surface area contributed by atoms with Gasteiger partial charge in [0.25, 0.3) is 0 Å². The van der Waals surface area contributed by atoms with Crippen molar-refractivity contribution in [2.45, 2.75) is 0 Å². The zero-order valence-corrected chi connectivity index (χ0v) is 18.4. The summed E-state index contributed by atoms with van der Waals surface area (Å²) in [7, 11) is 0. The number of halogens is 1. The molecule has 164 valence electrons. The number of aromatic nitrogens is 3. The van der Waals surface area contributed by atoms with Crippen LogP contribution >= 0.6 is 11.6 Å². The number of aromatic amines is 1. The van der Waals surface area contributed by atoms with Gasteiger partial charge in [-0.1, -0.05) is 29.8 Å². The number of morpholine rings is 1. The highest BCUT2D eigenvalue weighted by Gasteiger charge is 2.14. The average Bonchev–Trinajstić information content (AvgIpc) is 3.27. The molecular formula is C24H25ClN6O. The Morgan fingerprint density at radius 3 is 2.56 bits per heavy atom. The third-order valence-electron chi connectivity index (χ3n) is 5.53. The Morgan fingerprint density at radius 2 is 1.78 bits per heavy atom. The van der Waals surface area contributed by atoms with Gasteiger partial charge in [0, 0.05) is 43.1 Å². The number of nitrogens with one attached hydrogen (secondary N) is 3. The number of rotatable bonds is 7. The molecule has 1 saturated heterocycles. The Morgan fingerprint density at radius 1 is 1.00 bits per heavy atom. The monoisotopic (exact) mass is 448 g/mol. The predicted octanol–water partition coefficient (Wildman–Crippen LogP) is 4.77. The van der Waals surface area contributed by atoms with Gasteiger partial charge in [-0.25, -0.2) is 9.97 Å². The number of para-hydroxylation sites is 1. The summed E-state index contributed by atoms with van der Waals surface area (Å²) in [6.45, 7) is 5.58. The third kappa shape index (κ3) is 4.70. The molecule has 0 bridgehead atoms. The zero-order valence-electron chi connectivity index (χ0n) is 17.6. The molecule has 2 aromatic heterocycles. The zero-order chi connectivity index (χ0) is 21.8. The summed E-state index contributed by atoms with van der Waals surface area (Å²) < 4.78 is 5.40. The molecule has 0 unspecified atom stereocenters. The molecule has 8 heteroatoms. The molecule has 0 spiro atoms. The van der Waals surface area contributed by atoms with Crippen LogP contribution in [0.25, 0.3) is 22.6 Å². The third-order valence-corrected chi connectivity index (χ3v) is 5.82. The van der Waals surface area contributed by atoms with Crippen molar-refractivity contribution in [2.24, 2.45) is 0 Å². The van der Waals surface area contributed by atoms with Crippen LogP contribution in [-0.4, -0.2) is 59.2 Å². The molecule has 3 N–H and O–H groups in total. The van der Waals surface area contributed by atoms with Gasteiger partial charge in [-0.15, -0.1) is 0 Å². The number of ether oxygens (including phenoxy) is 1. The van der Waals surface area contributed by atoms with E-state index in [1.165, 1.54) is 0 Å². The Bertz CT molecular complexity index is 1170. The second kappa shape index (κ2) is 9.56. The summed E-state index contributed by atoms with van der Waals surface area (Å²) >= 11 is 6.44. The maximum Gasteiger partial charge on any atom is 0.159 e. The number of pyridine rings is 1. The Hall–Kier alpha value is -3.13. The number of anilines is 3. The Kier molecular flexibility index (Phi) is 6.20. The molecule has 0 amide bonds. The lowest BCUT2D eigenvalue weighted by atomic mass is 10.2. The number of nitrogens with zero attached hydrogens (tertiary/aromatic N) is 3. The van der Waals surface area contributed by atoms with E-state index in [1.807, 2.05) is 30.3 Å². The summed E-state index contributed by atoms with van der Waals surface area (Å²) in [5, 5.41) is 7.38. The average molecular weight is 449 g/mol. The van der Waals surface area contributed by atoms with Crippen LogP contribution in [0, 0.1) is 0 Å². The molecular weight excluding hydrogens is 424 g/mol. The Labute approximate surface area is 191 Å². The van der Waals surface area contributed by atoms with Gasteiger partial charge in [0.15, 0.2) is 5.65 Å². The minimum atomic E-state index is 0.527. The first-order valence-electron chi connectivity index (χ1n) is 10.8. The largest absolute Gasteiger partial charge is 0.384 e. The first-order valence-corrected chi connectivity index (χ1v) is 11.1. The highest BCUT2D eigenvalue weighted by molar-refractivity contribution is 6.34. The molecule has 7 nitrogen and oxygen atoms in total. The van der Waals surface area contributed by atoms with Crippen molar-refractivity contribution in [3.8, 4) is 11.4 Å². The van der Waals surface area contributed by atoms with Crippen LogP contribution in [0.4, 0.5) is 17.1 Å². The number of hydrogen-bond donors (Lipinski definition) is 3. The highest BCUT2D eigenvalue weighted by Crippen LogP contribution is 2.32. The normalized spacial score (nSPS) is 14.5. The quantitative estimate of drug-likeness (QED) is 0.378. The van der Waals surface area contributed by atoms with E-state index < -0.39 is 0 Å². The second-order valence-electron chi connectivity index (χ2n) is 7.71. The first-order chi connectivity index (χ1) is 15.8. The number of hydrogen-bond acceptors (Lipinski definition) is 6. The molecule has 2 aromatic carbocycles. The molecule has 0 saturated carbocycles. The van der Waals surface area contributed by atoms with E-state index in [0.717, 1.165) is 67.8 Å². The van der Waals surface area contributed by atoms with E-state index in [9.17, 15) is 0 Å². The standard InChI is InChI=1S/C24H25ClN6O/c25-20-16-27-24-22(21(20)28-19-4-2-1-3-5-19)29-23(30-24)17-6-8-18(9-7-17)26-10-11-31-12-14-32-15-13-31/h1-9,16,26H,10-15H2,(H2,27,28,29,30). The maximum atomic E-state index is 6.44.